The minimum absolute atomic E-state index is 0.0333. The van der Waals surface area contributed by atoms with Crippen LogP contribution in [0.2, 0.25) is 0 Å². The molecular weight excluding hydrogens is 300 g/mol. The number of amides is 2. The highest BCUT2D eigenvalue weighted by molar-refractivity contribution is 7.07. The van der Waals surface area contributed by atoms with Crippen LogP contribution in [0.4, 0.5) is 4.79 Å². The number of nitrogens with one attached hydrogen (secondary N) is 2. The maximum Gasteiger partial charge on any atom is 0.315 e. The molecule has 122 valence electrons. The first-order chi connectivity index (χ1) is 10.5. The van der Waals surface area contributed by atoms with Crippen LogP contribution in [0.5, 0.6) is 0 Å². The molecule has 0 spiro atoms. The third-order valence-corrected chi connectivity index (χ3v) is 5.70. The van der Waals surface area contributed by atoms with Crippen molar-refractivity contribution in [3.63, 3.8) is 0 Å². The average Bonchev–Trinajstić information content (AvgIpc) is 3.04. The quantitative estimate of drug-likeness (QED) is 0.796. The number of ether oxygens (including phenoxy) is 1. The number of hydrogen-bond acceptors (Lipinski definition) is 4. The summed E-state index contributed by atoms with van der Waals surface area (Å²) in [6.07, 6.45) is 1.77. The maximum atomic E-state index is 12.1. The van der Waals surface area contributed by atoms with Crippen molar-refractivity contribution in [3.8, 4) is 0 Å². The Morgan fingerprint density at radius 1 is 1.59 bits per heavy atom. The molecule has 0 aromatic carbocycles. The third kappa shape index (κ3) is 2.87. The second kappa shape index (κ2) is 6.18. The summed E-state index contributed by atoms with van der Waals surface area (Å²) in [5.74, 6) is 0.413. The van der Waals surface area contributed by atoms with Gasteiger partial charge in [-0.1, -0.05) is 13.8 Å². The van der Waals surface area contributed by atoms with E-state index in [0.717, 1.165) is 25.0 Å². The van der Waals surface area contributed by atoms with Gasteiger partial charge in [0.2, 0.25) is 0 Å². The zero-order valence-electron chi connectivity index (χ0n) is 13.0. The fourth-order valence-electron chi connectivity index (χ4n) is 3.78. The lowest BCUT2D eigenvalue weighted by Gasteiger charge is -2.59. The molecule has 2 aliphatic rings. The van der Waals surface area contributed by atoms with E-state index in [-0.39, 0.29) is 30.1 Å². The first-order valence-corrected chi connectivity index (χ1v) is 8.80. The van der Waals surface area contributed by atoms with E-state index in [2.05, 4.69) is 24.5 Å². The highest BCUT2D eigenvalue weighted by Crippen LogP contribution is 2.51. The first kappa shape index (κ1) is 15.8. The number of urea groups is 1. The van der Waals surface area contributed by atoms with Crippen LogP contribution in [0, 0.1) is 11.3 Å². The lowest BCUT2D eigenvalue weighted by Crippen LogP contribution is -2.70. The number of thiophene rings is 1. The third-order valence-electron chi connectivity index (χ3n) is 5.00. The summed E-state index contributed by atoms with van der Waals surface area (Å²) in [5.41, 5.74) is 0.809. The molecule has 1 aliphatic heterocycles. The molecular formula is C16H24N2O3S. The van der Waals surface area contributed by atoms with Gasteiger partial charge >= 0.3 is 6.03 Å². The molecule has 3 rings (SSSR count). The summed E-state index contributed by atoms with van der Waals surface area (Å²) in [6, 6.07) is 1.79. The SMILES string of the molecule is CC1(C)[C@H](NC(=O)NC[C@H](O)c2ccsc2)[C@H]2CCCO[C@H]21. The Labute approximate surface area is 135 Å². The summed E-state index contributed by atoms with van der Waals surface area (Å²) in [6.45, 7) is 5.34. The van der Waals surface area contributed by atoms with Gasteiger partial charge in [0.15, 0.2) is 0 Å². The number of fused-ring (bicyclic) bond motifs is 1. The normalized spacial score (nSPS) is 30.8. The summed E-state index contributed by atoms with van der Waals surface area (Å²) in [5, 5.41) is 19.6. The molecule has 22 heavy (non-hydrogen) atoms. The van der Waals surface area contributed by atoms with Crippen molar-refractivity contribution in [3.05, 3.63) is 22.4 Å². The van der Waals surface area contributed by atoms with Crippen molar-refractivity contribution in [2.75, 3.05) is 13.2 Å². The molecule has 4 atom stereocenters. The summed E-state index contributed by atoms with van der Waals surface area (Å²) < 4.78 is 5.84. The topological polar surface area (TPSA) is 70.6 Å². The van der Waals surface area contributed by atoms with Gasteiger partial charge in [0, 0.05) is 30.5 Å². The number of aliphatic hydroxyl groups is 1. The molecule has 1 aliphatic carbocycles. The fraction of sp³-hybridized carbons (Fsp3) is 0.688. The molecule has 2 heterocycles. The highest BCUT2D eigenvalue weighted by Gasteiger charge is 2.58. The van der Waals surface area contributed by atoms with Gasteiger partial charge in [-0.25, -0.2) is 4.79 Å². The lowest BCUT2D eigenvalue weighted by atomic mass is 9.55. The van der Waals surface area contributed by atoms with Crippen LogP contribution in [0.3, 0.4) is 0 Å². The van der Waals surface area contributed by atoms with Crippen molar-refractivity contribution in [2.24, 2.45) is 11.3 Å². The lowest BCUT2D eigenvalue weighted by molar-refractivity contribution is -0.189. The molecule has 5 nitrogen and oxygen atoms in total. The average molecular weight is 324 g/mol. The number of aliphatic hydroxyl groups excluding tert-OH is 1. The van der Waals surface area contributed by atoms with Crippen molar-refractivity contribution in [1.29, 1.82) is 0 Å². The highest BCUT2D eigenvalue weighted by atomic mass is 32.1. The first-order valence-electron chi connectivity index (χ1n) is 7.86. The van der Waals surface area contributed by atoms with Crippen molar-refractivity contribution in [1.82, 2.24) is 10.6 Å². The predicted octanol–water partition coefficient (Wildman–Crippen LogP) is 2.28. The molecule has 2 amide bonds. The zero-order chi connectivity index (χ0) is 15.7. The molecule has 1 saturated carbocycles. The van der Waals surface area contributed by atoms with Crippen LogP contribution in [0.25, 0.3) is 0 Å². The standard InChI is InChI=1S/C16H24N2O3S/c1-16(2)13(11-4-3-6-21-14(11)16)18-15(20)17-8-12(19)10-5-7-22-9-10/h5,7,9,11-14,19H,3-4,6,8H2,1-2H3,(H2,17,18,20)/t11-,12+,13-,14-/m1/s1. The van der Waals surface area contributed by atoms with Gasteiger partial charge in [0.1, 0.15) is 0 Å². The fourth-order valence-corrected chi connectivity index (χ4v) is 4.49. The predicted molar refractivity (Wildman–Crippen MR) is 85.8 cm³/mol. The van der Waals surface area contributed by atoms with Crippen molar-refractivity contribution < 1.29 is 14.6 Å². The van der Waals surface area contributed by atoms with E-state index in [1.807, 2.05) is 16.8 Å². The summed E-state index contributed by atoms with van der Waals surface area (Å²) in [7, 11) is 0. The van der Waals surface area contributed by atoms with E-state index in [9.17, 15) is 9.90 Å². The van der Waals surface area contributed by atoms with Gasteiger partial charge in [-0.2, -0.15) is 11.3 Å². The summed E-state index contributed by atoms with van der Waals surface area (Å²) in [4.78, 5) is 12.1. The van der Waals surface area contributed by atoms with Crippen molar-refractivity contribution >= 4 is 17.4 Å². The molecule has 1 aromatic rings. The Hall–Kier alpha value is -1.11. The molecule has 6 heteroatoms. The molecule has 0 bridgehead atoms. The van der Waals surface area contributed by atoms with E-state index in [1.165, 1.54) is 11.3 Å². The number of carbonyl (C=O) groups excluding carboxylic acids is 1. The van der Waals surface area contributed by atoms with Crippen LogP contribution in [-0.4, -0.2) is 36.4 Å². The minimum Gasteiger partial charge on any atom is -0.387 e. The Balaban J connectivity index is 1.49. The van der Waals surface area contributed by atoms with E-state index in [0.29, 0.717) is 5.92 Å². The van der Waals surface area contributed by atoms with E-state index < -0.39 is 6.10 Å². The van der Waals surface area contributed by atoms with Gasteiger partial charge in [-0.15, -0.1) is 0 Å². The molecule has 0 radical (unpaired) electrons. The van der Waals surface area contributed by atoms with Gasteiger partial charge in [0.25, 0.3) is 0 Å². The molecule has 2 fully saturated rings. The van der Waals surface area contributed by atoms with E-state index in [1.54, 1.807) is 0 Å². The van der Waals surface area contributed by atoms with Crippen LogP contribution < -0.4 is 10.6 Å². The van der Waals surface area contributed by atoms with Gasteiger partial charge in [-0.3, -0.25) is 0 Å². The van der Waals surface area contributed by atoms with Crippen LogP contribution in [0.15, 0.2) is 16.8 Å². The maximum absolute atomic E-state index is 12.1. The number of hydrogen-bond donors (Lipinski definition) is 3. The smallest absolute Gasteiger partial charge is 0.315 e. The zero-order valence-corrected chi connectivity index (χ0v) is 13.9. The van der Waals surface area contributed by atoms with E-state index >= 15 is 0 Å². The Morgan fingerprint density at radius 3 is 3.14 bits per heavy atom. The van der Waals surface area contributed by atoms with E-state index in [4.69, 9.17) is 4.74 Å². The van der Waals surface area contributed by atoms with Crippen LogP contribution >= 0.6 is 11.3 Å². The Bertz CT molecular complexity index is 517. The van der Waals surface area contributed by atoms with Gasteiger partial charge in [-0.05, 0) is 35.2 Å². The monoisotopic (exact) mass is 324 g/mol. The molecule has 1 aromatic heterocycles. The molecule has 0 unspecified atom stereocenters. The molecule has 3 N–H and O–H groups in total. The van der Waals surface area contributed by atoms with Gasteiger partial charge < -0.3 is 20.5 Å². The number of carbonyl (C=O) groups is 1. The van der Waals surface area contributed by atoms with Crippen LogP contribution in [0.1, 0.15) is 38.4 Å². The molecule has 1 saturated heterocycles. The van der Waals surface area contributed by atoms with Gasteiger partial charge in [0.05, 0.1) is 12.2 Å². The second-order valence-corrected chi connectivity index (χ2v) is 7.60. The Morgan fingerprint density at radius 2 is 2.41 bits per heavy atom. The van der Waals surface area contributed by atoms with Crippen molar-refractivity contribution in [2.45, 2.75) is 44.9 Å². The Kier molecular flexibility index (Phi) is 4.43. The summed E-state index contributed by atoms with van der Waals surface area (Å²) >= 11 is 1.54. The number of rotatable bonds is 4. The second-order valence-electron chi connectivity index (χ2n) is 6.82. The van der Waals surface area contributed by atoms with Crippen LogP contribution in [-0.2, 0) is 4.74 Å². The largest absolute Gasteiger partial charge is 0.387 e. The minimum atomic E-state index is -0.655.